The smallest absolute Gasteiger partial charge is 0.261 e. The molecule has 0 aliphatic carbocycles. The molecule has 0 unspecified atom stereocenters. The average Bonchev–Trinajstić information content (AvgIpc) is 3.07. The molecule has 0 spiro atoms. The van der Waals surface area contributed by atoms with Gasteiger partial charge in [-0.15, -0.1) is 0 Å². The predicted octanol–water partition coefficient (Wildman–Crippen LogP) is 5.34. The fourth-order valence-electron chi connectivity index (χ4n) is 2.75. The van der Waals surface area contributed by atoms with Gasteiger partial charge in [-0.05, 0) is 36.4 Å². The van der Waals surface area contributed by atoms with E-state index in [-0.39, 0.29) is 9.92 Å². The summed E-state index contributed by atoms with van der Waals surface area (Å²) in [4.78, 5) is 0.0347. The molecule has 0 aliphatic rings. The van der Waals surface area contributed by atoms with E-state index >= 15 is 0 Å². The zero-order chi connectivity index (χ0) is 19.0. The molecule has 0 bridgehead atoms. The van der Waals surface area contributed by atoms with Crippen LogP contribution in [0.3, 0.4) is 0 Å². The first-order valence-corrected chi connectivity index (χ1v) is 10.2. The summed E-state index contributed by atoms with van der Waals surface area (Å²) in [5, 5.41) is 8.60. The van der Waals surface area contributed by atoms with Crippen molar-refractivity contribution in [3.05, 3.63) is 76.8 Å². The highest BCUT2D eigenvalue weighted by Gasteiger charge is 2.17. The van der Waals surface area contributed by atoms with Crippen molar-refractivity contribution in [3.63, 3.8) is 0 Å². The van der Waals surface area contributed by atoms with Crippen LogP contribution in [-0.4, -0.2) is 18.6 Å². The van der Waals surface area contributed by atoms with Crippen molar-refractivity contribution in [2.45, 2.75) is 4.90 Å². The molecule has 5 nitrogen and oxygen atoms in total. The Morgan fingerprint density at radius 1 is 0.889 bits per heavy atom. The van der Waals surface area contributed by atoms with Crippen LogP contribution in [0.5, 0.6) is 0 Å². The first-order valence-electron chi connectivity index (χ1n) is 7.95. The maximum Gasteiger partial charge on any atom is 0.261 e. The van der Waals surface area contributed by atoms with Gasteiger partial charge < -0.3 is 0 Å². The topological polar surface area (TPSA) is 74.8 Å². The quantitative estimate of drug-likeness (QED) is 0.470. The van der Waals surface area contributed by atoms with Crippen molar-refractivity contribution in [2.75, 3.05) is 4.72 Å². The summed E-state index contributed by atoms with van der Waals surface area (Å²) in [7, 11) is -3.81. The molecule has 2 N–H and O–H groups in total. The minimum Gasteiger partial charge on any atom is -0.280 e. The molecular formula is C19H13Cl2N3O2S. The standard InChI is InChI=1S/C19H13Cl2N3O2S/c20-16-8-7-14(11-17(16)21)27(25,26)24-13-6-9-18-15(10-13)19(23-22-18)12-4-2-1-3-5-12/h1-11,24H,(H,22,23). The molecule has 0 fully saturated rings. The molecule has 1 aromatic heterocycles. The Labute approximate surface area is 166 Å². The number of fused-ring (bicyclic) bond motifs is 1. The molecule has 4 aromatic rings. The van der Waals surface area contributed by atoms with E-state index in [1.165, 1.54) is 18.2 Å². The van der Waals surface area contributed by atoms with Crippen molar-refractivity contribution >= 4 is 49.8 Å². The van der Waals surface area contributed by atoms with Crippen molar-refractivity contribution in [1.29, 1.82) is 0 Å². The Morgan fingerprint density at radius 2 is 1.67 bits per heavy atom. The van der Waals surface area contributed by atoms with Crippen molar-refractivity contribution in [2.24, 2.45) is 0 Å². The van der Waals surface area contributed by atoms with Crippen LogP contribution in [0.25, 0.3) is 22.2 Å². The van der Waals surface area contributed by atoms with Crippen LogP contribution in [0.2, 0.25) is 10.0 Å². The highest BCUT2D eigenvalue weighted by molar-refractivity contribution is 7.92. The van der Waals surface area contributed by atoms with Gasteiger partial charge in [-0.2, -0.15) is 5.10 Å². The molecule has 3 aromatic carbocycles. The molecule has 4 rings (SSSR count). The van der Waals surface area contributed by atoms with Crippen LogP contribution >= 0.6 is 23.2 Å². The normalized spacial score (nSPS) is 11.6. The number of anilines is 1. The Morgan fingerprint density at radius 3 is 2.41 bits per heavy atom. The van der Waals surface area contributed by atoms with Gasteiger partial charge in [-0.1, -0.05) is 53.5 Å². The predicted molar refractivity (Wildman–Crippen MR) is 109 cm³/mol. The molecule has 0 aliphatic heterocycles. The van der Waals surface area contributed by atoms with Gasteiger partial charge in [0.25, 0.3) is 10.0 Å². The summed E-state index contributed by atoms with van der Waals surface area (Å²) in [5.74, 6) is 0. The molecule has 8 heteroatoms. The number of halogens is 2. The lowest BCUT2D eigenvalue weighted by atomic mass is 10.1. The van der Waals surface area contributed by atoms with Gasteiger partial charge in [-0.25, -0.2) is 8.42 Å². The summed E-state index contributed by atoms with van der Waals surface area (Å²) in [6.07, 6.45) is 0. The monoisotopic (exact) mass is 417 g/mol. The van der Waals surface area contributed by atoms with Crippen LogP contribution in [0.15, 0.2) is 71.6 Å². The maximum atomic E-state index is 12.7. The van der Waals surface area contributed by atoms with E-state index in [9.17, 15) is 8.42 Å². The van der Waals surface area contributed by atoms with Gasteiger partial charge in [-0.3, -0.25) is 9.82 Å². The lowest BCUT2D eigenvalue weighted by Crippen LogP contribution is -2.12. The molecule has 0 saturated carbocycles. The number of rotatable bonds is 4. The number of H-pyrrole nitrogens is 1. The van der Waals surface area contributed by atoms with Crippen LogP contribution < -0.4 is 4.72 Å². The minimum atomic E-state index is -3.81. The zero-order valence-electron chi connectivity index (χ0n) is 13.8. The second-order valence-corrected chi connectivity index (χ2v) is 8.38. The van der Waals surface area contributed by atoms with Gasteiger partial charge in [0.2, 0.25) is 0 Å². The third kappa shape index (κ3) is 3.51. The number of sulfonamides is 1. The van der Waals surface area contributed by atoms with Crippen molar-refractivity contribution in [3.8, 4) is 11.3 Å². The first-order chi connectivity index (χ1) is 12.9. The molecule has 136 valence electrons. The minimum absolute atomic E-state index is 0.0347. The van der Waals surface area contributed by atoms with Gasteiger partial charge in [0.15, 0.2) is 0 Å². The lowest BCUT2D eigenvalue weighted by molar-refractivity contribution is 0.601. The van der Waals surface area contributed by atoms with Crippen molar-refractivity contribution in [1.82, 2.24) is 10.2 Å². The molecule has 0 saturated heterocycles. The third-order valence-corrected chi connectivity index (χ3v) is 6.18. The Kier molecular flexibility index (Phi) is 4.55. The second kappa shape index (κ2) is 6.88. The number of aromatic nitrogens is 2. The Hall–Kier alpha value is -2.54. The van der Waals surface area contributed by atoms with E-state index in [0.717, 1.165) is 22.2 Å². The van der Waals surface area contributed by atoms with E-state index in [4.69, 9.17) is 23.2 Å². The summed E-state index contributed by atoms with van der Waals surface area (Å²) in [6, 6.07) is 19.0. The van der Waals surface area contributed by atoms with Gasteiger partial charge >= 0.3 is 0 Å². The Balaban J connectivity index is 1.73. The molecule has 0 atom stereocenters. The summed E-state index contributed by atoms with van der Waals surface area (Å²) in [5.41, 5.74) is 2.92. The number of aromatic amines is 1. The van der Waals surface area contributed by atoms with E-state index in [0.29, 0.717) is 10.7 Å². The fourth-order valence-corrected chi connectivity index (χ4v) is 4.19. The summed E-state index contributed by atoms with van der Waals surface area (Å²) in [6.45, 7) is 0. The highest BCUT2D eigenvalue weighted by atomic mass is 35.5. The second-order valence-electron chi connectivity index (χ2n) is 5.88. The number of hydrogen-bond donors (Lipinski definition) is 2. The molecule has 1 heterocycles. The largest absolute Gasteiger partial charge is 0.280 e. The summed E-state index contributed by atoms with van der Waals surface area (Å²) >= 11 is 11.8. The summed E-state index contributed by atoms with van der Waals surface area (Å²) < 4.78 is 27.9. The lowest BCUT2D eigenvalue weighted by Gasteiger charge is -2.09. The van der Waals surface area contributed by atoms with Gasteiger partial charge in [0.1, 0.15) is 0 Å². The van der Waals surface area contributed by atoms with Crippen LogP contribution in [0.1, 0.15) is 0 Å². The average molecular weight is 418 g/mol. The fraction of sp³-hybridized carbons (Fsp3) is 0. The zero-order valence-corrected chi connectivity index (χ0v) is 16.1. The SMILES string of the molecule is O=S(=O)(Nc1ccc2[nH]nc(-c3ccccc3)c2c1)c1ccc(Cl)c(Cl)c1. The first kappa shape index (κ1) is 17.9. The van der Waals surface area contributed by atoms with Crippen LogP contribution in [-0.2, 0) is 10.0 Å². The number of nitrogens with zero attached hydrogens (tertiary/aromatic N) is 1. The van der Waals surface area contributed by atoms with Crippen LogP contribution in [0, 0.1) is 0 Å². The maximum absolute atomic E-state index is 12.7. The highest BCUT2D eigenvalue weighted by Crippen LogP contribution is 2.30. The molecular weight excluding hydrogens is 405 g/mol. The number of nitrogens with one attached hydrogen (secondary N) is 2. The third-order valence-electron chi connectivity index (χ3n) is 4.06. The number of benzene rings is 3. The Bertz CT molecular complexity index is 1240. The van der Waals surface area contributed by atoms with Gasteiger partial charge in [0, 0.05) is 16.6 Å². The van der Waals surface area contributed by atoms with E-state index < -0.39 is 10.0 Å². The van der Waals surface area contributed by atoms with Crippen molar-refractivity contribution < 1.29 is 8.42 Å². The van der Waals surface area contributed by atoms with Crippen LogP contribution in [0.4, 0.5) is 5.69 Å². The molecule has 0 radical (unpaired) electrons. The van der Waals surface area contributed by atoms with E-state index in [2.05, 4.69) is 14.9 Å². The molecule has 27 heavy (non-hydrogen) atoms. The van der Waals surface area contributed by atoms with E-state index in [1.54, 1.807) is 18.2 Å². The number of hydrogen-bond acceptors (Lipinski definition) is 3. The van der Waals surface area contributed by atoms with E-state index in [1.807, 2.05) is 30.3 Å². The molecule has 0 amide bonds. The van der Waals surface area contributed by atoms with Gasteiger partial charge in [0.05, 0.1) is 26.2 Å².